The molecule has 88 valence electrons. The van der Waals surface area contributed by atoms with Gasteiger partial charge in [0.2, 0.25) is 0 Å². The first-order valence-corrected chi connectivity index (χ1v) is 7.87. The molecule has 0 spiro atoms. The van der Waals surface area contributed by atoms with Crippen molar-refractivity contribution in [2.45, 2.75) is 24.7 Å². The highest BCUT2D eigenvalue weighted by atomic mass is 33.1. The normalized spacial score (nSPS) is 26.5. The number of carbonyl (C=O) groups is 1. The van der Waals surface area contributed by atoms with Crippen LogP contribution in [0.15, 0.2) is 0 Å². The summed E-state index contributed by atoms with van der Waals surface area (Å²) >= 11 is 0. The predicted octanol–water partition coefficient (Wildman–Crippen LogP) is 0.400. The maximum Gasteiger partial charge on any atom is 0.335 e. The summed E-state index contributed by atoms with van der Waals surface area (Å²) in [5, 5.41) is -0.172. The number of hydrogen-bond donors (Lipinski definition) is 0. The quantitative estimate of drug-likeness (QED) is 0.534. The van der Waals surface area contributed by atoms with Gasteiger partial charge in [0.1, 0.15) is 0 Å². The Morgan fingerprint density at radius 3 is 2.80 bits per heavy atom. The van der Waals surface area contributed by atoms with Crippen molar-refractivity contribution in [2.24, 2.45) is 0 Å². The van der Waals surface area contributed by atoms with Crippen LogP contribution in [0, 0.1) is 0 Å². The SMILES string of the molecule is CCOC(=O)[C@@H]1C[C@H](SS(C)(=O)=O)CO1. The van der Waals surface area contributed by atoms with Crippen LogP contribution in [0.25, 0.3) is 0 Å². The number of carbonyl (C=O) groups excluding carboxylic acids is 1. The van der Waals surface area contributed by atoms with Gasteiger partial charge < -0.3 is 9.47 Å². The van der Waals surface area contributed by atoms with Crippen LogP contribution < -0.4 is 0 Å². The molecule has 0 aromatic heterocycles. The largest absolute Gasteiger partial charge is 0.464 e. The third kappa shape index (κ3) is 4.40. The van der Waals surface area contributed by atoms with E-state index in [1.54, 1.807) is 6.92 Å². The molecule has 1 aliphatic rings. The topological polar surface area (TPSA) is 69.7 Å². The minimum atomic E-state index is -3.08. The molecule has 0 aromatic carbocycles. The van der Waals surface area contributed by atoms with E-state index in [0.717, 1.165) is 17.0 Å². The van der Waals surface area contributed by atoms with Crippen molar-refractivity contribution in [3.8, 4) is 0 Å². The van der Waals surface area contributed by atoms with Crippen molar-refractivity contribution in [3.05, 3.63) is 0 Å². The van der Waals surface area contributed by atoms with E-state index >= 15 is 0 Å². The summed E-state index contributed by atoms with van der Waals surface area (Å²) in [4.78, 5) is 11.3. The van der Waals surface area contributed by atoms with Crippen LogP contribution in [0.5, 0.6) is 0 Å². The molecule has 0 radical (unpaired) electrons. The lowest BCUT2D eigenvalue weighted by Gasteiger charge is -2.07. The Morgan fingerprint density at radius 2 is 2.27 bits per heavy atom. The van der Waals surface area contributed by atoms with E-state index < -0.39 is 20.9 Å². The van der Waals surface area contributed by atoms with Crippen LogP contribution in [0.3, 0.4) is 0 Å². The van der Waals surface area contributed by atoms with E-state index in [-0.39, 0.29) is 11.9 Å². The summed E-state index contributed by atoms with van der Waals surface area (Å²) in [5.41, 5.74) is 0. The van der Waals surface area contributed by atoms with Crippen molar-refractivity contribution in [1.82, 2.24) is 0 Å². The summed E-state index contributed by atoms with van der Waals surface area (Å²) in [7, 11) is -2.24. The van der Waals surface area contributed by atoms with E-state index in [4.69, 9.17) is 9.47 Å². The Labute approximate surface area is 92.8 Å². The highest BCUT2D eigenvalue weighted by Gasteiger charge is 2.34. The summed E-state index contributed by atoms with van der Waals surface area (Å²) in [6.45, 7) is 2.30. The standard InChI is InChI=1S/C8H14O5S2/c1-3-12-8(9)7-4-6(5-13-7)14-15(2,10)11/h6-7H,3-5H2,1-2H3/t6-,7-/m0/s1. The molecule has 0 saturated carbocycles. The van der Waals surface area contributed by atoms with E-state index in [0.29, 0.717) is 13.0 Å². The third-order valence-electron chi connectivity index (χ3n) is 1.82. The van der Waals surface area contributed by atoms with Crippen molar-refractivity contribution in [3.63, 3.8) is 0 Å². The van der Waals surface area contributed by atoms with Gasteiger partial charge in [-0.15, -0.1) is 0 Å². The number of rotatable bonds is 4. The first-order chi connectivity index (χ1) is 6.92. The molecule has 2 atom stereocenters. The summed E-state index contributed by atoms with van der Waals surface area (Å²) in [6.07, 6.45) is 0.940. The second-order valence-corrected chi connectivity index (χ2v) is 7.89. The molecular weight excluding hydrogens is 240 g/mol. The molecule has 0 aromatic rings. The van der Waals surface area contributed by atoms with Crippen LogP contribution >= 0.6 is 10.8 Å². The summed E-state index contributed by atoms with van der Waals surface area (Å²) < 4.78 is 31.9. The number of ether oxygens (including phenoxy) is 2. The Bertz CT molecular complexity index is 324. The highest BCUT2D eigenvalue weighted by molar-refractivity contribution is 8.72. The van der Waals surface area contributed by atoms with Crippen LogP contribution in [0.2, 0.25) is 0 Å². The molecule has 1 saturated heterocycles. The Balaban J connectivity index is 2.42. The average molecular weight is 254 g/mol. The van der Waals surface area contributed by atoms with Gasteiger partial charge in [0.15, 0.2) is 15.0 Å². The molecule has 0 unspecified atom stereocenters. The van der Waals surface area contributed by atoms with Crippen LogP contribution in [-0.2, 0) is 23.1 Å². The van der Waals surface area contributed by atoms with Gasteiger partial charge in [-0.1, -0.05) is 0 Å². The Hall–Kier alpha value is -0.270. The molecule has 7 heteroatoms. The first kappa shape index (κ1) is 12.8. The van der Waals surface area contributed by atoms with Gasteiger partial charge in [0, 0.05) is 11.5 Å². The zero-order chi connectivity index (χ0) is 11.5. The van der Waals surface area contributed by atoms with Gasteiger partial charge in [-0.2, -0.15) is 0 Å². The van der Waals surface area contributed by atoms with E-state index in [9.17, 15) is 13.2 Å². The van der Waals surface area contributed by atoms with Gasteiger partial charge in [0.05, 0.1) is 13.2 Å². The van der Waals surface area contributed by atoms with Crippen LogP contribution in [0.1, 0.15) is 13.3 Å². The zero-order valence-electron chi connectivity index (χ0n) is 8.63. The van der Waals surface area contributed by atoms with Crippen molar-refractivity contribution < 1.29 is 22.7 Å². The lowest BCUT2D eigenvalue weighted by atomic mass is 10.2. The van der Waals surface area contributed by atoms with Crippen LogP contribution in [0.4, 0.5) is 0 Å². The molecule has 0 amide bonds. The maximum absolute atomic E-state index is 11.3. The molecule has 0 N–H and O–H groups in total. The lowest BCUT2D eigenvalue weighted by Crippen LogP contribution is -2.22. The van der Waals surface area contributed by atoms with Gasteiger partial charge in [-0.25, -0.2) is 13.2 Å². The van der Waals surface area contributed by atoms with Gasteiger partial charge in [-0.3, -0.25) is 0 Å². The van der Waals surface area contributed by atoms with E-state index in [1.807, 2.05) is 0 Å². The fourth-order valence-electron chi connectivity index (χ4n) is 1.31. The fourth-order valence-corrected chi connectivity index (χ4v) is 4.08. The molecule has 15 heavy (non-hydrogen) atoms. The molecule has 1 rings (SSSR count). The molecular formula is C8H14O5S2. The molecule has 1 fully saturated rings. The maximum atomic E-state index is 11.3. The molecule has 1 heterocycles. The first-order valence-electron chi connectivity index (χ1n) is 4.59. The van der Waals surface area contributed by atoms with Crippen molar-refractivity contribution in [1.29, 1.82) is 0 Å². The Morgan fingerprint density at radius 1 is 1.60 bits per heavy atom. The van der Waals surface area contributed by atoms with Gasteiger partial charge >= 0.3 is 5.97 Å². The smallest absolute Gasteiger partial charge is 0.335 e. The minimum Gasteiger partial charge on any atom is -0.464 e. The second kappa shape index (κ2) is 5.18. The summed E-state index contributed by atoms with van der Waals surface area (Å²) in [6, 6.07) is 0. The fraction of sp³-hybridized carbons (Fsp3) is 0.875. The highest BCUT2D eigenvalue weighted by Crippen LogP contribution is 2.28. The molecule has 0 bridgehead atoms. The van der Waals surface area contributed by atoms with Gasteiger partial charge in [0.25, 0.3) is 0 Å². The second-order valence-electron chi connectivity index (χ2n) is 3.23. The predicted molar refractivity (Wildman–Crippen MR) is 57.2 cm³/mol. The number of hydrogen-bond acceptors (Lipinski definition) is 6. The van der Waals surface area contributed by atoms with E-state index in [1.165, 1.54) is 0 Å². The molecule has 5 nitrogen and oxygen atoms in total. The molecule has 0 aliphatic carbocycles. The monoisotopic (exact) mass is 254 g/mol. The molecule has 1 aliphatic heterocycles. The average Bonchev–Trinajstić information content (AvgIpc) is 2.50. The number of esters is 1. The zero-order valence-corrected chi connectivity index (χ0v) is 10.3. The minimum absolute atomic E-state index is 0.172. The van der Waals surface area contributed by atoms with Crippen molar-refractivity contribution >= 4 is 25.6 Å². The lowest BCUT2D eigenvalue weighted by molar-refractivity contribution is -0.153. The van der Waals surface area contributed by atoms with Gasteiger partial charge in [-0.05, 0) is 24.1 Å². The third-order valence-corrected chi connectivity index (χ3v) is 4.64. The van der Waals surface area contributed by atoms with E-state index in [2.05, 4.69) is 0 Å². The van der Waals surface area contributed by atoms with Crippen molar-refractivity contribution in [2.75, 3.05) is 19.5 Å². The summed E-state index contributed by atoms with van der Waals surface area (Å²) in [5.74, 6) is -0.408. The van der Waals surface area contributed by atoms with Crippen LogP contribution in [-0.4, -0.2) is 45.2 Å². The Kier molecular flexibility index (Phi) is 4.42.